The number of rotatable bonds is 38. The molecule has 272 valence electrons. The molecule has 0 aliphatic heterocycles. The maximum Gasteiger partial charge on any atom is 0.180 e. The molecule has 0 radical (unpaired) electrons. The molecule has 9 nitrogen and oxygen atoms in total. The number of unbranched alkanes of at least 4 members (excludes halogenated alkanes) is 20. The highest BCUT2D eigenvalue weighted by Gasteiger charge is 2.17. The number of aliphatic hydroxyl groups is 4. The summed E-state index contributed by atoms with van der Waals surface area (Å²) in [5.74, 6) is 0. The molecule has 0 aromatic carbocycles. The van der Waals surface area contributed by atoms with Crippen LogP contribution >= 0.6 is 0 Å². The number of hydrogen-bond donors (Lipinski definition) is 4. The van der Waals surface area contributed by atoms with Crippen molar-refractivity contribution in [2.45, 2.75) is 180 Å². The molecular formula is C36H74O9. The van der Waals surface area contributed by atoms with Crippen LogP contribution < -0.4 is 0 Å². The quantitative estimate of drug-likeness (QED) is 0.0411. The minimum Gasteiger partial charge on any atom is -0.394 e. The van der Waals surface area contributed by atoms with Crippen LogP contribution in [0.3, 0.4) is 0 Å². The monoisotopic (exact) mass is 651 g/mol. The van der Waals surface area contributed by atoms with Gasteiger partial charge in [-0.3, -0.25) is 0 Å². The summed E-state index contributed by atoms with van der Waals surface area (Å²) in [6, 6.07) is 0. The molecule has 0 bridgehead atoms. The van der Waals surface area contributed by atoms with Crippen LogP contribution in [-0.2, 0) is 23.7 Å². The average molecular weight is 651 g/mol. The van der Waals surface area contributed by atoms with Gasteiger partial charge < -0.3 is 44.1 Å². The second kappa shape index (κ2) is 36.5. The zero-order valence-corrected chi connectivity index (χ0v) is 29.4. The van der Waals surface area contributed by atoms with Crippen molar-refractivity contribution in [3.05, 3.63) is 0 Å². The van der Waals surface area contributed by atoms with Gasteiger partial charge in [0.2, 0.25) is 0 Å². The molecule has 0 saturated heterocycles. The Morgan fingerprint density at radius 3 is 0.956 bits per heavy atom. The molecule has 4 N–H and O–H groups in total. The first-order valence-electron chi connectivity index (χ1n) is 18.7. The van der Waals surface area contributed by atoms with Gasteiger partial charge in [-0.15, -0.1) is 0 Å². The van der Waals surface area contributed by atoms with Crippen molar-refractivity contribution >= 4 is 0 Å². The van der Waals surface area contributed by atoms with Crippen LogP contribution in [0.2, 0.25) is 0 Å². The summed E-state index contributed by atoms with van der Waals surface area (Å²) in [4.78, 5) is 0. The van der Waals surface area contributed by atoms with E-state index in [9.17, 15) is 10.2 Å². The van der Waals surface area contributed by atoms with Gasteiger partial charge in [-0.05, 0) is 12.8 Å². The Morgan fingerprint density at radius 1 is 0.378 bits per heavy atom. The second-order valence-corrected chi connectivity index (χ2v) is 12.5. The Balaban J connectivity index is 4.29. The van der Waals surface area contributed by atoms with E-state index in [1.807, 2.05) is 0 Å². The molecule has 0 spiro atoms. The zero-order chi connectivity index (χ0) is 33.1. The number of hydrogen-bond acceptors (Lipinski definition) is 9. The van der Waals surface area contributed by atoms with Crippen molar-refractivity contribution in [2.24, 2.45) is 0 Å². The van der Waals surface area contributed by atoms with Crippen LogP contribution in [0.25, 0.3) is 0 Å². The predicted octanol–water partition coefficient (Wildman–Crippen LogP) is 7.05. The first-order chi connectivity index (χ1) is 22.1. The molecule has 0 aromatic heterocycles. The molecule has 0 rings (SSSR count). The van der Waals surface area contributed by atoms with E-state index in [4.69, 9.17) is 33.9 Å². The lowest BCUT2D eigenvalue weighted by Gasteiger charge is -2.23. The Labute approximate surface area is 276 Å². The van der Waals surface area contributed by atoms with Gasteiger partial charge in [0.15, 0.2) is 12.6 Å². The van der Waals surface area contributed by atoms with Gasteiger partial charge >= 0.3 is 0 Å². The Kier molecular flexibility index (Phi) is 36.2. The number of aliphatic hydroxyl groups excluding tert-OH is 4. The molecule has 0 aliphatic carbocycles. The minimum absolute atomic E-state index is 0.0548. The third-order valence-corrected chi connectivity index (χ3v) is 7.98. The Morgan fingerprint density at radius 2 is 0.667 bits per heavy atom. The number of ether oxygens (including phenoxy) is 5. The molecule has 0 amide bonds. The summed E-state index contributed by atoms with van der Waals surface area (Å²) in [5, 5.41) is 37.7. The van der Waals surface area contributed by atoms with E-state index in [1.165, 1.54) is 116 Å². The molecule has 0 aliphatic rings. The lowest BCUT2D eigenvalue weighted by Crippen LogP contribution is -2.33. The first-order valence-corrected chi connectivity index (χ1v) is 18.7. The first kappa shape index (κ1) is 44.6. The molecule has 0 saturated carbocycles. The SMILES string of the molecule is CCCCCCCCCCCCCOC(COCC(OCCCCCCCCCCCCC)OCC(O)CO)OCC(O)CO. The predicted molar refractivity (Wildman–Crippen MR) is 181 cm³/mol. The van der Waals surface area contributed by atoms with Crippen LogP contribution in [0.15, 0.2) is 0 Å². The van der Waals surface area contributed by atoms with Crippen molar-refractivity contribution in [3.8, 4) is 0 Å². The van der Waals surface area contributed by atoms with E-state index in [0.29, 0.717) is 13.2 Å². The minimum atomic E-state index is -0.983. The summed E-state index contributed by atoms with van der Waals surface area (Å²) in [6.07, 6.45) is 24.3. The Hall–Kier alpha value is -0.360. The Bertz CT molecular complexity index is 509. The fourth-order valence-electron chi connectivity index (χ4n) is 5.05. The fraction of sp³-hybridized carbons (Fsp3) is 1.00. The average Bonchev–Trinajstić information content (AvgIpc) is 3.05. The fourth-order valence-corrected chi connectivity index (χ4v) is 5.05. The topological polar surface area (TPSA) is 127 Å². The lowest BCUT2D eigenvalue weighted by atomic mass is 10.1. The van der Waals surface area contributed by atoms with Crippen molar-refractivity contribution in [1.82, 2.24) is 0 Å². The molecule has 9 heteroatoms. The highest BCUT2D eigenvalue weighted by atomic mass is 16.7. The van der Waals surface area contributed by atoms with Crippen LogP contribution in [0.4, 0.5) is 0 Å². The van der Waals surface area contributed by atoms with Gasteiger partial charge in [0, 0.05) is 13.2 Å². The lowest BCUT2D eigenvalue weighted by molar-refractivity contribution is -0.217. The third kappa shape index (κ3) is 33.3. The van der Waals surface area contributed by atoms with Gasteiger partial charge in [0.25, 0.3) is 0 Å². The summed E-state index contributed by atoms with van der Waals surface area (Å²) in [7, 11) is 0. The van der Waals surface area contributed by atoms with E-state index < -0.39 is 24.8 Å². The second-order valence-electron chi connectivity index (χ2n) is 12.5. The van der Waals surface area contributed by atoms with Crippen LogP contribution in [0.5, 0.6) is 0 Å². The van der Waals surface area contributed by atoms with E-state index in [-0.39, 0.29) is 39.6 Å². The molecule has 0 heterocycles. The van der Waals surface area contributed by atoms with Crippen LogP contribution in [0, 0.1) is 0 Å². The van der Waals surface area contributed by atoms with Gasteiger partial charge in [-0.1, -0.05) is 142 Å². The largest absolute Gasteiger partial charge is 0.394 e. The van der Waals surface area contributed by atoms with E-state index in [1.54, 1.807) is 0 Å². The maximum absolute atomic E-state index is 9.72. The van der Waals surface area contributed by atoms with Crippen molar-refractivity contribution < 1.29 is 44.1 Å². The van der Waals surface area contributed by atoms with E-state index in [2.05, 4.69) is 13.8 Å². The molecule has 0 fully saturated rings. The van der Waals surface area contributed by atoms with Crippen molar-refractivity contribution in [3.63, 3.8) is 0 Å². The van der Waals surface area contributed by atoms with E-state index >= 15 is 0 Å². The smallest absolute Gasteiger partial charge is 0.180 e. The summed E-state index contributed by atoms with van der Waals surface area (Å²) in [5.41, 5.74) is 0. The van der Waals surface area contributed by atoms with Gasteiger partial charge in [-0.2, -0.15) is 0 Å². The molecule has 0 aromatic rings. The zero-order valence-electron chi connectivity index (χ0n) is 29.4. The molecule has 4 unspecified atom stereocenters. The molecular weight excluding hydrogens is 576 g/mol. The highest BCUT2D eigenvalue weighted by molar-refractivity contribution is 4.56. The summed E-state index contributed by atoms with van der Waals surface area (Å²) < 4.78 is 28.9. The standard InChI is InChI=1S/C36H74O9/c1-3-5-7-9-11-13-15-17-19-21-23-25-42-35(44-29-33(39)27-37)31-41-32-36(45-30-34(40)28-38)43-26-24-22-20-18-16-14-12-10-8-6-4-2/h33-40H,3-32H2,1-2H3. The van der Waals surface area contributed by atoms with E-state index in [0.717, 1.165) is 25.7 Å². The van der Waals surface area contributed by atoms with Crippen molar-refractivity contribution in [2.75, 3.05) is 52.9 Å². The molecule has 45 heavy (non-hydrogen) atoms. The van der Waals surface area contributed by atoms with Crippen LogP contribution in [-0.4, -0.2) is 98.1 Å². The highest BCUT2D eigenvalue weighted by Crippen LogP contribution is 2.13. The van der Waals surface area contributed by atoms with Gasteiger partial charge in [0.1, 0.15) is 12.2 Å². The summed E-state index contributed by atoms with van der Waals surface area (Å²) >= 11 is 0. The van der Waals surface area contributed by atoms with Gasteiger partial charge in [0.05, 0.1) is 39.6 Å². The normalized spacial score (nSPS) is 14.5. The van der Waals surface area contributed by atoms with Crippen molar-refractivity contribution in [1.29, 1.82) is 0 Å². The molecule has 4 atom stereocenters. The van der Waals surface area contributed by atoms with Crippen LogP contribution in [0.1, 0.15) is 155 Å². The maximum atomic E-state index is 9.72. The summed E-state index contributed by atoms with van der Waals surface area (Å²) in [6.45, 7) is 4.89. The van der Waals surface area contributed by atoms with Gasteiger partial charge in [-0.25, -0.2) is 0 Å². The third-order valence-electron chi connectivity index (χ3n) is 7.98.